The average molecular weight is 405 g/mol. The Kier molecular flexibility index (Phi) is 6.29. The Hall–Kier alpha value is -2.18. The fourth-order valence-electron chi connectivity index (χ4n) is 3.16. The first-order valence-electron chi connectivity index (χ1n) is 8.57. The minimum atomic E-state index is -0.543. The van der Waals surface area contributed by atoms with Gasteiger partial charge in [-0.15, -0.1) is 0 Å². The third kappa shape index (κ3) is 4.22. The zero-order valence-corrected chi connectivity index (χ0v) is 16.8. The fraction of sp³-hybridized carbons (Fsp3) is 0.300. The third-order valence-corrected chi connectivity index (χ3v) is 5.48. The van der Waals surface area contributed by atoms with Crippen molar-refractivity contribution in [2.75, 3.05) is 24.4 Å². The number of carbonyl (C=O) groups excluding carboxylic acids is 2. The number of halogens is 1. The van der Waals surface area contributed by atoms with Crippen LogP contribution < -0.4 is 10.1 Å². The van der Waals surface area contributed by atoms with Crippen LogP contribution in [0.5, 0.6) is 5.75 Å². The summed E-state index contributed by atoms with van der Waals surface area (Å²) in [7, 11) is 1.54. The molecule has 0 saturated heterocycles. The number of hydrogen-bond donors (Lipinski definition) is 1. The minimum Gasteiger partial charge on any atom is -0.495 e. The van der Waals surface area contributed by atoms with E-state index in [4.69, 9.17) is 16.3 Å². The van der Waals surface area contributed by atoms with Crippen molar-refractivity contribution in [2.24, 2.45) is 0 Å². The van der Waals surface area contributed by atoms with Crippen molar-refractivity contribution in [3.05, 3.63) is 58.6 Å². The maximum absolute atomic E-state index is 13.0. The molecule has 2 aromatic rings. The molecule has 2 amide bonds. The van der Waals surface area contributed by atoms with Gasteiger partial charge in [0, 0.05) is 17.8 Å². The van der Waals surface area contributed by atoms with Crippen molar-refractivity contribution in [1.82, 2.24) is 4.90 Å². The van der Waals surface area contributed by atoms with Gasteiger partial charge in [0.25, 0.3) is 5.91 Å². The lowest BCUT2D eigenvalue weighted by Gasteiger charge is -2.27. The number of amides is 2. The predicted octanol–water partition coefficient (Wildman–Crippen LogP) is 4.06. The van der Waals surface area contributed by atoms with Crippen molar-refractivity contribution < 1.29 is 14.3 Å². The molecule has 1 aliphatic rings. The zero-order valence-electron chi connectivity index (χ0n) is 15.2. The summed E-state index contributed by atoms with van der Waals surface area (Å²) in [6.45, 7) is 0.449. The SMILES string of the molecule is COc1ccc(NC(=O)C(CCSC)N2Cc3ccccc3C2=O)cc1Cl. The molecule has 7 heteroatoms. The number of benzene rings is 2. The third-order valence-electron chi connectivity index (χ3n) is 4.54. The van der Waals surface area contributed by atoms with Gasteiger partial charge in [-0.25, -0.2) is 0 Å². The van der Waals surface area contributed by atoms with Gasteiger partial charge in [-0.1, -0.05) is 29.8 Å². The van der Waals surface area contributed by atoms with E-state index in [1.165, 1.54) is 7.11 Å². The molecule has 142 valence electrons. The van der Waals surface area contributed by atoms with Gasteiger partial charge in [0.15, 0.2) is 0 Å². The molecule has 0 bridgehead atoms. The lowest BCUT2D eigenvalue weighted by atomic mass is 10.1. The number of fused-ring (bicyclic) bond motifs is 1. The van der Waals surface area contributed by atoms with E-state index in [-0.39, 0.29) is 11.8 Å². The molecule has 1 atom stereocenters. The van der Waals surface area contributed by atoms with Crippen molar-refractivity contribution >= 4 is 40.9 Å². The van der Waals surface area contributed by atoms with Crippen molar-refractivity contribution in [3.8, 4) is 5.75 Å². The molecule has 0 radical (unpaired) electrons. The number of carbonyl (C=O) groups is 2. The number of nitrogens with zero attached hydrogens (tertiary/aromatic N) is 1. The van der Waals surface area contributed by atoms with Crippen LogP contribution in [0.1, 0.15) is 22.3 Å². The van der Waals surface area contributed by atoms with Gasteiger partial charge >= 0.3 is 0 Å². The van der Waals surface area contributed by atoms with Gasteiger partial charge in [0.1, 0.15) is 11.8 Å². The number of thioether (sulfide) groups is 1. The fourth-order valence-corrected chi connectivity index (χ4v) is 3.87. The predicted molar refractivity (Wildman–Crippen MR) is 110 cm³/mol. The van der Waals surface area contributed by atoms with Gasteiger partial charge in [-0.3, -0.25) is 9.59 Å². The van der Waals surface area contributed by atoms with Gasteiger partial charge in [-0.05, 0) is 48.3 Å². The maximum Gasteiger partial charge on any atom is 0.255 e. The first-order valence-corrected chi connectivity index (χ1v) is 10.3. The normalized spacial score (nSPS) is 14.0. The molecule has 2 aromatic carbocycles. The smallest absolute Gasteiger partial charge is 0.255 e. The maximum atomic E-state index is 13.0. The largest absolute Gasteiger partial charge is 0.495 e. The van der Waals surface area contributed by atoms with E-state index in [2.05, 4.69) is 5.32 Å². The standard InChI is InChI=1S/C20H21ClN2O3S/c1-26-18-8-7-14(11-16(18)21)22-19(24)17(9-10-27-2)23-12-13-5-3-4-6-15(13)20(23)25/h3-8,11,17H,9-10,12H2,1-2H3,(H,22,24). The second kappa shape index (κ2) is 8.67. The van der Waals surface area contributed by atoms with E-state index in [1.807, 2.05) is 30.5 Å². The first kappa shape index (κ1) is 19.6. The summed E-state index contributed by atoms with van der Waals surface area (Å²) in [5.41, 5.74) is 2.20. The highest BCUT2D eigenvalue weighted by Gasteiger charge is 2.35. The molecule has 0 aromatic heterocycles. The number of hydrogen-bond acceptors (Lipinski definition) is 4. The Bertz CT molecular complexity index is 859. The van der Waals surface area contributed by atoms with E-state index in [9.17, 15) is 9.59 Å². The van der Waals surface area contributed by atoms with Crippen LogP contribution in [-0.2, 0) is 11.3 Å². The molecule has 1 N–H and O–H groups in total. The molecule has 0 saturated carbocycles. The summed E-state index contributed by atoms with van der Waals surface area (Å²) < 4.78 is 5.14. The highest BCUT2D eigenvalue weighted by atomic mass is 35.5. The second-order valence-corrected chi connectivity index (χ2v) is 7.62. The topological polar surface area (TPSA) is 58.6 Å². The Morgan fingerprint density at radius 2 is 2.11 bits per heavy atom. The molecule has 1 heterocycles. The summed E-state index contributed by atoms with van der Waals surface area (Å²) in [6.07, 6.45) is 2.56. The van der Waals surface area contributed by atoms with E-state index in [0.29, 0.717) is 35.0 Å². The van der Waals surface area contributed by atoms with Crippen LogP contribution in [0, 0.1) is 0 Å². The monoisotopic (exact) mass is 404 g/mol. The van der Waals surface area contributed by atoms with Gasteiger partial charge in [0.2, 0.25) is 5.91 Å². The number of ether oxygens (including phenoxy) is 1. The summed E-state index contributed by atoms with van der Waals surface area (Å²) in [5, 5.41) is 3.30. The minimum absolute atomic E-state index is 0.0976. The van der Waals surface area contributed by atoms with Crippen molar-refractivity contribution in [1.29, 1.82) is 0 Å². The average Bonchev–Trinajstić information content (AvgIpc) is 2.99. The number of rotatable bonds is 7. The molecule has 3 rings (SSSR count). The molecule has 0 fully saturated rings. The van der Waals surface area contributed by atoms with Gasteiger partial charge in [0.05, 0.1) is 12.1 Å². The Morgan fingerprint density at radius 1 is 1.33 bits per heavy atom. The van der Waals surface area contributed by atoms with E-state index >= 15 is 0 Å². The molecule has 27 heavy (non-hydrogen) atoms. The lowest BCUT2D eigenvalue weighted by molar-refractivity contribution is -0.120. The number of methoxy groups -OCH3 is 1. The number of nitrogens with one attached hydrogen (secondary N) is 1. The van der Waals surface area contributed by atoms with E-state index in [0.717, 1.165) is 11.3 Å². The van der Waals surface area contributed by atoms with Crippen LogP contribution in [0.3, 0.4) is 0 Å². The quantitative estimate of drug-likeness (QED) is 0.755. The lowest BCUT2D eigenvalue weighted by Crippen LogP contribution is -2.44. The summed E-state index contributed by atoms with van der Waals surface area (Å²) in [5.74, 6) is 1.01. The molecule has 1 aliphatic heterocycles. The summed E-state index contributed by atoms with van der Waals surface area (Å²) in [6, 6.07) is 12.0. The molecule has 1 unspecified atom stereocenters. The van der Waals surface area contributed by atoms with Crippen LogP contribution in [0.4, 0.5) is 5.69 Å². The second-order valence-electron chi connectivity index (χ2n) is 6.23. The molecular weight excluding hydrogens is 384 g/mol. The van der Waals surface area contributed by atoms with Gasteiger partial charge in [-0.2, -0.15) is 11.8 Å². The van der Waals surface area contributed by atoms with E-state index in [1.54, 1.807) is 34.9 Å². The van der Waals surface area contributed by atoms with Crippen molar-refractivity contribution in [2.45, 2.75) is 19.0 Å². The van der Waals surface area contributed by atoms with Crippen molar-refractivity contribution in [3.63, 3.8) is 0 Å². The molecule has 5 nitrogen and oxygen atoms in total. The summed E-state index contributed by atoms with van der Waals surface area (Å²) in [4.78, 5) is 27.4. The molecular formula is C20H21ClN2O3S. The van der Waals surface area contributed by atoms with Crippen LogP contribution in [0.25, 0.3) is 0 Å². The highest BCUT2D eigenvalue weighted by molar-refractivity contribution is 7.98. The van der Waals surface area contributed by atoms with Crippen LogP contribution in [0.15, 0.2) is 42.5 Å². The molecule has 0 spiro atoms. The summed E-state index contributed by atoms with van der Waals surface area (Å²) >= 11 is 7.79. The van der Waals surface area contributed by atoms with Crippen LogP contribution in [-0.4, -0.2) is 41.9 Å². The van der Waals surface area contributed by atoms with E-state index < -0.39 is 6.04 Å². The molecule has 0 aliphatic carbocycles. The van der Waals surface area contributed by atoms with Crippen LogP contribution in [0.2, 0.25) is 5.02 Å². The Labute approximate surface area is 168 Å². The Morgan fingerprint density at radius 3 is 2.78 bits per heavy atom. The first-order chi connectivity index (χ1) is 13.0. The van der Waals surface area contributed by atoms with Crippen LogP contribution >= 0.6 is 23.4 Å². The zero-order chi connectivity index (χ0) is 19.4. The Balaban J connectivity index is 1.79. The highest BCUT2D eigenvalue weighted by Crippen LogP contribution is 2.29. The van der Waals surface area contributed by atoms with Gasteiger partial charge < -0.3 is 15.0 Å². The number of anilines is 1.